The molecule has 1 atom stereocenters. The molecule has 2 aromatic heterocycles. The van der Waals surface area contributed by atoms with Crippen LogP contribution in [0, 0.1) is 0 Å². The minimum Gasteiger partial charge on any atom is -0.334 e. The lowest BCUT2D eigenvalue weighted by Crippen LogP contribution is -2.40. The van der Waals surface area contributed by atoms with Gasteiger partial charge in [0.1, 0.15) is 11.9 Å². The Morgan fingerprint density at radius 3 is 2.74 bits per heavy atom. The van der Waals surface area contributed by atoms with Gasteiger partial charge in [-0.1, -0.05) is 12.1 Å². The van der Waals surface area contributed by atoms with Gasteiger partial charge in [-0.25, -0.2) is 4.98 Å². The number of nitrogens with one attached hydrogen (secondary N) is 2. The van der Waals surface area contributed by atoms with Crippen molar-refractivity contribution in [3.8, 4) is 0 Å². The third-order valence-electron chi connectivity index (χ3n) is 4.29. The van der Waals surface area contributed by atoms with Crippen molar-refractivity contribution < 1.29 is 4.79 Å². The van der Waals surface area contributed by atoms with Gasteiger partial charge in [0.2, 0.25) is 5.91 Å². The largest absolute Gasteiger partial charge is 0.334 e. The molecule has 1 unspecified atom stereocenters. The molecule has 0 fully saturated rings. The van der Waals surface area contributed by atoms with Gasteiger partial charge >= 0.3 is 0 Å². The SMILES string of the molecule is CCN(Cc1nc2ccccc2c(=O)[nH]1)C(=O)C(NC)c1cnn(C)c1.Cl. The number of carbonyl (C=O) groups excluding carboxylic acids is 1. The summed E-state index contributed by atoms with van der Waals surface area (Å²) in [5, 5.41) is 7.70. The monoisotopic (exact) mass is 390 g/mol. The van der Waals surface area contributed by atoms with E-state index in [1.807, 2.05) is 26.2 Å². The lowest BCUT2D eigenvalue weighted by molar-refractivity contribution is -0.134. The van der Waals surface area contributed by atoms with Crippen molar-refractivity contribution in [2.45, 2.75) is 19.5 Å². The minimum atomic E-state index is -0.504. The van der Waals surface area contributed by atoms with Crippen molar-refractivity contribution in [2.24, 2.45) is 7.05 Å². The molecule has 0 spiro atoms. The number of para-hydroxylation sites is 1. The van der Waals surface area contributed by atoms with E-state index in [1.165, 1.54) is 0 Å². The molecule has 0 aliphatic rings. The summed E-state index contributed by atoms with van der Waals surface area (Å²) < 4.78 is 1.66. The van der Waals surface area contributed by atoms with E-state index >= 15 is 0 Å². The highest BCUT2D eigenvalue weighted by Gasteiger charge is 2.25. The second-order valence-corrected chi connectivity index (χ2v) is 6.05. The maximum absolute atomic E-state index is 13.0. The number of H-pyrrole nitrogens is 1. The second kappa shape index (κ2) is 8.79. The number of rotatable bonds is 6. The number of nitrogens with zero attached hydrogens (tertiary/aromatic N) is 4. The van der Waals surface area contributed by atoms with Crippen LogP contribution in [0.25, 0.3) is 10.9 Å². The van der Waals surface area contributed by atoms with Crippen LogP contribution in [-0.2, 0) is 18.4 Å². The van der Waals surface area contributed by atoms with Crippen LogP contribution >= 0.6 is 12.4 Å². The van der Waals surface area contributed by atoms with Gasteiger partial charge in [0.15, 0.2) is 0 Å². The molecule has 3 aromatic rings. The summed E-state index contributed by atoms with van der Waals surface area (Å²) in [5.41, 5.74) is 1.21. The topological polar surface area (TPSA) is 95.9 Å². The van der Waals surface area contributed by atoms with E-state index < -0.39 is 6.04 Å². The van der Waals surface area contributed by atoms with Crippen LogP contribution in [0.4, 0.5) is 0 Å². The number of aromatic nitrogens is 4. The molecule has 0 saturated carbocycles. The van der Waals surface area contributed by atoms with Crippen LogP contribution in [0.15, 0.2) is 41.5 Å². The highest BCUT2D eigenvalue weighted by molar-refractivity contribution is 5.85. The molecule has 144 valence electrons. The number of amides is 1. The van der Waals surface area contributed by atoms with Gasteiger partial charge in [-0.05, 0) is 26.1 Å². The molecule has 9 heteroatoms. The number of carbonyl (C=O) groups is 1. The molecule has 3 rings (SSSR count). The third kappa shape index (κ3) is 4.35. The Morgan fingerprint density at radius 1 is 1.37 bits per heavy atom. The Labute approximate surface area is 163 Å². The molecule has 2 N–H and O–H groups in total. The fraction of sp³-hybridized carbons (Fsp3) is 0.333. The van der Waals surface area contributed by atoms with Crippen molar-refractivity contribution in [2.75, 3.05) is 13.6 Å². The maximum atomic E-state index is 13.0. The molecule has 0 aliphatic heterocycles. The Hall–Kier alpha value is -2.71. The number of aryl methyl sites for hydroxylation is 1. The van der Waals surface area contributed by atoms with Gasteiger partial charge in [0, 0.05) is 25.4 Å². The molecule has 1 aromatic carbocycles. The van der Waals surface area contributed by atoms with Crippen molar-refractivity contribution in [1.82, 2.24) is 30.0 Å². The summed E-state index contributed by atoms with van der Waals surface area (Å²) in [5.74, 6) is 0.365. The zero-order valence-electron chi connectivity index (χ0n) is 15.5. The number of benzene rings is 1. The first-order valence-corrected chi connectivity index (χ1v) is 8.46. The smallest absolute Gasteiger partial charge is 0.258 e. The molecule has 8 nitrogen and oxygen atoms in total. The minimum absolute atomic E-state index is 0. The van der Waals surface area contributed by atoms with Crippen LogP contribution in [-0.4, -0.2) is 44.1 Å². The second-order valence-electron chi connectivity index (χ2n) is 6.05. The molecular weight excluding hydrogens is 368 g/mol. The van der Waals surface area contributed by atoms with Gasteiger partial charge in [0.25, 0.3) is 5.56 Å². The summed E-state index contributed by atoms with van der Waals surface area (Å²) in [7, 11) is 3.54. The first-order chi connectivity index (χ1) is 12.5. The van der Waals surface area contributed by atoms with Crippen molar-refractivity contribution in [3.05, 3.63) is 58.4 Å². The lowest BCUT2D eigenvalue weighted by Gasteiger charge is -2.25. The van der Waals surface area contributed by atoms with E-state index in [1.54, 1.807) is 41.0 Å². The zero-order valence-corrected chi connectivity index (χ0v) is 16.3. The molecule has 27 heavy (non-hydrogen) atoms. The van der Waals surface area contributed by atoms with Gasteiger partial charge in [0.05, 0.1) is 23.6 Å². The van der Waals surface area contributed by atoms with Gasteiger partial charge in [-0.3, -0.25) is 14.3 Å². The van der Waals surface area contributed by atoms with Crippen LogP contribution in [0.1, 0.15) is 24.4 Å². The third-order valence-corrected chi connectivity index (χ3v) is 4.29. The molecule has 2 heterocycles. The number of likely N-dealkylation sites (N-methyl/N-ethyl adjacent to an activating group) is 2. The molecule has 0 aliphatic carbocycles. The lowest BCUT2D eigenvalue weighted by atomic mass is 10.1. The van der Waals surface area contributed by atoms with Gasteiger partial charge < -0.3 is 15.2 Å². The van der Waals surface area contributed by atoms with Gasteiger partial charge in [-0.15, -0.1) is 12.4 Å². The summed E-state index contributed by atoms with van der Waals surface area (Å²) in [6, 6.07) is 6.65. The Kier molecular flexibility index (Phi) is 6.70. The Bertz CT molecular complexity index is 983. The molecule has 0 radical (unpaired) electrons. The van der Waals surface area contributed by atoms with E-state index in [0.717, 1.165) is 5.56 Å². The molecule has 0 bridgehead atoms. The van der Waals surface area contributed by atoms with Gasteiger partial charge in [-0.2, -0.15) is 5.10 Å². The van der Waals surface area contributed by atoms with Crippen LogP contribution in [0.3, 0.4) is 0 Å². The molecule has 0 saturated heterocycles. The highest BCUT2D eigenvalue weighted by atomic mass is 35.5. The predicted molar refractivity (Wildman–Crippen MR) is 106 cm³/mol. The van der Waals surface area contributed by atoms with E-state index in [2.05, 4.69) is 20.4 Å². The molecule has 1 amide bonds. The Morgan fingerprint density at radius 2 is 2.11 bits per heavy atom. The van der Waals surface area contributed by atoms with Crippen molar-refractivity contribution in [1.29, 1.82) is 0 Å². The van der Waals surface area contributed by atoms with Crippen LogP contribution in [0.2, 0.25) is 0 Å². The number of hydrogen-bond acceptors (Lipinski definition) is 5. The van der Waals surface area contributed by atoms with E-state index in [9.17, 15) is 9.59 Å². The number of hydrogen-bond donors (Lipinski definition) is 2. The van der Waals surface area contributed by atoms with Crippen molar-refractivity contribution >= 4 is 29.2 Å². The first-order valence-electron chi connectivity index (χ1n) is 8.46. The van der Waals surface area contributed by atoms with Crippen LogP contribution < -0.4 is 10.9 Å². The quantitative estimate of drug-likeness (QED) is 0.663. The zero-order chi connectivity index (χ0) is 18.7. The number of aromatic amines is 1. The fourth-order valence-electron chi connectivity index (χ4n) is 2.94. The standard InChI is InChI=1S/C18H22N6O2.ClH/c1-4-24(18(26)16(19-2)12-9-20-23(3)10-12)11-15-21-14-8-6-5-7-13(14)17(25)22-15;/h5-10,16,19H,4,11H2,1-3H3,(H,21,22,25);1H. The van der Waals surface area contributed by atoms with Crippen molar-refractivity contribution in [3.63, 3.8) is 0 Å². The average Bonchev–Trinajstić information content (AvgIpc) is 3.06. The number of halogens is 1. The van der Waals surface area contributed by atoms with E-state index in [0.29, 0.717) is 23.3 Å². The highest BCUT2D eigenvalue weighted by Crippen LogP contribution is 2.16. The average molecular weight is 391 g/mol. The Balaban J connectivity index is 0.00000261. The van der Waals surface area contributed by atoms with E-state index in [-0.39, 0.29) is 30.4 Å². The summed E-state index contributed by atoms with van der Waals surface area (Å²) >= 11 is 0. The summed E-state index contributed by atoms with van der Waals surface area (Å²) in [6.07, 6.45) is 3.48. The number of fused-ring (bicyclic) bond motifs is 1. The summed E-state index contributed by atoms with van der Waals surface area (Å²) in [4.78, 5) is 34.1. The van der Waals surface area contributed by atoms with Crippen LogP contribution in [0.5, 0.6) is 0 Å². The maximum Gasteiger partial charge on any atom is 0.258 e. The summed E-state index contributed by atoms with van der Waals surface area (Å²) in [6.45, 7) is 2.62. The normalized spacial score (nSPS) is 11.8. The predicted octanol–water partition coefficient (Wildman–Crippen LogP) is 1.39. The first kappa shape index (κ1) is 20.6. The van der Waals surface area contributed by atoms with E-state index in [4.69, 9.17) is 0 Å². The fourth-order valence-corrected chi connectivity index (χ4v) is 2.94. The molecular formula is C18H23ClN6O2.